The van der Waals surface area contributed by atoms with Gasteiger partial charge in [0.25, 0.3) is 0 Å². The highest BCUT2D eigenvalue weighted by molar-refractivity contribution is 5.20. The van der Waals surface area contributed by atoms with Crippen molar-refractivity contribution in [2.45, 2.75) is 39.0 Å². The lowest BCUT2D eigenvalue weighted by molar-refractivity contribution is 0.538. The fourth-order valence-electron chi connectivity index (χ4n) is 2.79. The quantitative estimate of drug-likeness (QED) is 0.753. The van der Waals surface area contributed by atoms with Crippen molar-refractivity contribution in [1.29, 1.82) is 0 Å². The third kappa shape index (κ3) is 4.71. The molecular formula is C18H27N3. The van der Waals surface area contributed by atoms with Gasteiger partial charge >= 0.3 is 0 Å². The van der Waals surface area contributed by atoms with Crippen molar-refractivity contribution >= 4 is 0 Å². The molecule has 0 aliphatic carbocycles. The van der Waals surface area contributed by atoms with Gasteiger partial charge in [0, 0.05) is 19.3 Å². The molecule has 0 amide bonds. The van der Waals surface area contributed by atoms with E-state index in [-0.39, 0.29) is 0 Å². The van der Waals surface area contributed by atoms with Crippen molar-refractivity contribution < 1.29 is 0 Å². The van der Waals surface area contributed by atoms with Crippen LogP contribution in [0.15, 0.2) is 36.4 Å². The summed E-state index contributed by atoms with van der Waals surface area (Å²) >= 11 is 0. The van der Waals surface area contributed by atoms with E-state index in [0.717, 1.165) is 31.6 Å². The zero-order valence-corrected chi connectivity index (χ0v) is 13.5. The van der Waals surface area contributed by atoms with E-state index in [4.69, 9.17) is 0 Å². The number of nitrogens with one attached hydrogen (secondary N) is 1. The Balaban J connectivity index is 2.00. The van der Waals surface area contributed by atoms with Crippen LogP contribution in [0.3, 0.4) is 0 Å². The monoisotopic (exact) mass is 285 g/mol. The molecule has 0 fully saturated rings. The SMILES string of the molecule is CCCNCC(CCc1cc(C)nn1C)c1ccccc1. The Morgan fingerprint density at radius 2 is 2.00 bits per heavy atom. The third-order valence-corrected chi connectivity index (χ3v) is 3.94. The molecular weight excluding hydrogens is 258 g/mol. The Hall–Kier alpha value is -1.61. The van der Waals surface area contributed by atoms with Crippen LogP contribution in [0.5, 0.6) is 0 Å². The number of hydrogen-bond donors (Lipinski definition) is 1. The van der Waals surface area contributed by atoms with E-state index in [1.165, 1.54) is 17.7 Å². The lowest BCUT2D eigenvalue weighted by Gasteiger charge is -2.18. The molecule has 0 bridgehead atoms. The minimum Gasteiger partial charge on any atom is -0.316 e. The molecule has 1 unspecified atom stereocenters. The standard InChI is InChI=1S/C18H27N3/c1-4-12-19-14-17(16-8-6-5-7-9-16)10-11-18-13-15(2)20-21(18)3/h5-9,13,17,19H,4,10-12,14H2,1-3H3. The molecule has 0 radical (unpaired) electrons. The summed E-state index contributed by atoms with van der Waals surface area (Å²) in [6.07, 6.45) is 3.41. The van der Waals surface area contributed by atoms with Crippen LogP contribution in [0.4, 0.5) is 0 Å². The Kier molecular flexibility index (Phi) is 6.00. The number of rotatable bonds is 8. The first-order valence-corrected chi connectivity index (χ1v) is 7.96. The first-order valence-electron chi connectivity index (χ1n) is 7.96. The predicted molar refractivity (Wildman–Crippen MR) is 88.6 cm³/mol. The van der Waals surface area contributed by atoms with Crippen LogP contribution in [0.2, 0.25) is 0 Å². The number of nitrogens with zero attached hydrogens (tertiary/aromatic N) is 2. The largest absolute Gasteiger partial charge is 0.316 e. The molecule has 1 aromatic heterocycles. The van der Waals surface area contributed by atoms with Gasteiger partial charge in [0.2, 0.25) is 0 Å². The van der Waals surface area contributed by atoms with Crippen LogP contribution in [0.25, 0.3) is 0 Å². The molecule has 2 aromatic rings. The molecule has 0 aliphatic heterocycles. The van der Waals surface area contributed by atoms with Gasteiger partial charge in [-0.1, -0.05) is 37.3 Å². The van der Waals surface area contributed by atoms with Crippen molar-refractivity contribution in [2.24, 2.45) is 7.05 Å². The van der Waals surface area contributed by atoms with E-state index in [9.17, 15) is 0 Å². The van der Waals surface area contributed by atoms with E-state index in [1.54, 1.807) is 0 Å². The number of benzene rings is 1. The van der Waals surface area contributed by atoms with Crippen molar-refractivity contribution in [2.75, 3.05) is 13.1 Å². The second-order valence-electron chi connectivity index (χ2n) is 5.75. The maximum atomic E-state index is 4.44. The molecule has 3 heteroatoms. The summed E-state index contributed by atoms with van der Waals surface area (Å²) in [5.41, 5.74) is 3.86. The van der Waals surface area contributed by atoms with E-state index >= 15 is 0 Å². The number of hydrogen-bond acceptors (Lipinski definition) is 2. The van der Waals surface area contributed by atoms with Crippen LogP contribution in [-0.2, 0) is 13.5 Å². The zero-order chi connectivity index (χ0) is 15.1. The molecule has 0 saturated carbocycles. The molecule has 114 valence electrons. The van der Waals surface area contributed by atoms with Crippen LogP contribution in [-0.4, -0.2) is 22.9 Å². The fourth-order valence-corrected chi connectivity index (χ4v) is 2.79. The van der Waals surface area contributed by atoms with Crippen LogP contribution in [0, 0.1) is 6.92 Å². The van der Waals surface area contributed by atoms with Crippen molar-refractivity contribution in [1.82, 2.24) is 15.1 Å². The summed E-state index contributed by atoms with van der Waals surface area (Å²) in [5.74, 6) is 0.563. The van der Waals surface area contributed by atoms with Crippen molar-refractivity contribution in [3.05, 3.63) is 53.3 Å². The Morgan fingerprint density at radius 3 is 2.62 bits per heavy atom. The molecule has 21 heavy (non-hydrogen) atoms. The minimum atomic E-state index is 0.563. The van der Waals surface area contributed by atoms with E-state index < -0.39 is 0 Å². The first kappa shape index (κ1) is 15.8. The van der Waals surface area contributed by atoms with Gasteiger partial charge in [-0.2, -0.15) is 5.10 Å². The average molecular weight is 285 g/mol. The molecule has 1 aromatic carbocycles. The van der Waals surface area contributed by atoms with E-state index in [1.807, 2.05) is 11.7 Å². The van der Waals surface area contributed by atoms with Gasteiger partial charge in [-0.25, -0.2) is 0 Å². The molecule has 0 spiro atoms. The first-order chi connectivity index (χ1) is 10.2. The summed E-state index contributed by atoms with van der Waals surface area (Å²) in [6.45, 7) is 6.41. The highest BCUT2D eigenvalue weighted by Gasteiger charge is 2.12. The molecule has 1 N–H and O–H groups in total. The van der Waals surface area contributed by atoms with Gasteiger partial charge in [-0.15, -0.1) is 0 Å². The minimum absolute atomic E-state index is 0.563. The summed E-state index contributed by atoms with van der Waals surface area (Å²) in [6, 6.07) is 13.0. The highest BCUT2D eigenvalue weighted by Crippen LogP contribution is 2.21. The molecule has 3 nitrogen and oxygen atoms in total. The van der Waals surface area contributed by atoms with Crippen LogP contribution in [0.1, 0.15) is 42.6 Å². The highest BCUT2D eigenvalue weighted by atomic mass is 15.3. The van der Waals surface area contributed by atoms with E-state index in [0.29, 0.717) is 5.92 Å². The van der Waals surface area contributed by atoms with Crippen molar-refractivity contribution in [3.63, 3.8) is 0 Å². The fraction of sp³-hybridized carbons (Fsp3) is 0.500. The lowest BCUT2D eigenvalue weighted by atomic mass is 9.93. The van der Waals surface area contributed by atoms with Gasteiger partial charge in [-0.05, 0) is 50.3 Å². The second-order valence-corrected chi connectivity index (χ2v) is 5.75. The average Bonchev–Trinajstić information content (AvgIpc) is 2.81. The Labute approximate surface area is 128 Å². The summed E-state index contributed by atoms with van der Waals surface area (Å²) in [4.78, 5) is 0. The lowest BCUT2D eigenvalue weighted by Crippen LogP contribution is -2.23. The molecule has 2 rings (SSSR count). The van der Waals surface area contributed by atoms with Crippen LogP contribution < -0.4 is 5.32 Å². The smallest absolute Gasteiger partial charge is 0.0596 e. The topological polar surface area (TPSA) is 29.9 Å². The van der Waals surface area contributed by atoms with Gasteiger partial charge in [0.15, 0.2) is 0 Å². The molecule has 0 aliphatic rings. The predicted octanol–water partition coefficient (Wildman–Crippen LogP) is 3.44. The summed E-state index contributed by atoms with van der Waals surface area (Å²) in [7, 11) is 2.04. The molecule has 0 saturated heterocycles. The van der Waals surface area contributed by atoms with Gasteiger partial charge < -0.3 is 5.32 Å². The van der Waals surface area contributed by atoms with Gasteiger partial charge in [0.05, 0.1) is 5.69 Å². The molecule has 1 heterocycles. The Bertz CT molecular complexity index is 531. The third-order valence-electron chi connectivity index (χ3n) is 3.94. The zero-order valence-electron chi connectivity index (χ0n) is 13.5. The summed E-state index contributed by atoms with van der Waals surface area (Å²) < 4.78 is 2.01. The normalized spacial score (nSPS) is 12.5. The van der Waals surface area contributed by atoms with Crippen molar-refractivity contribution in [3.8, 4) is 0 Å². The molecule has 1 atom stereocenters. The Morgan fingerprint density at radius 1 is 1.24 bits per heavy atom. The second kappa shape index (κ2) is 7.99. The number of aryl methyl sites for hydroxylation is 3. The maximum absolute atomic E-state index is 4.44. The number of aromatic nitrogens is 2. The van der Waals surface area contributed by atoms with Gasteiger partial charge in [-0.3, -0.25) is 4.68 Å². The van der Waals surface area contributed by atoms with Crippen LogP contribution >= 0.6 is 0 Å². The maximum Gasteiger partial charge on any atom is 0.0596 e. The van der Waals surface area contributed by atoms with E-state index in [2.05, 4.69) is 60.7 Å². The summed E-state index contributed by atoms with van der Waals surface area (Å²) in [5, 5.41) is 8.01. The van der Waals surface area contributed by atoms with Gasteiger partial charge in [0.1, 0.15) is 0 Å².